The number of nitrogens with zero attached hydrogens (tertiary/aromatic N) is 1. The zero-order valence-corrected chi connectivity index (χ0v) is 22.4. The van der Waals surface area contributed by atoms with Crippen LogP contribution in [0.4, 0.5) is 0 Å². The summed E-state index contributed by atoms with van der Waals surface area (Å²) in [6.45, 7) is 5.75. The van der Waals surface area contributed by atoms with E-state index in [2.05, 4.69) is 19.9 Å². The molecule has 5 N–H and O–H groups in total. The first kappa shape index (κ1) is 27.5. The fourth-order valence-electron chi connectivity index (χ4n) is 3.59. The Morgan fingerprint density at radius 1 is 1.03 bits per heavy atom. The van der Waals surface area contributed by atoms with E-state index in [4.69, 9.17) is 61.4 Å². The predicted octanol–water partition coefficient (Wildman–Crippen LogP) is 6.83. The van der Waals surface area contributed by atoms with E-state index in [0.29, 0.717) is 26.6 Å². The van der Waals surface area contributed by atoms with Gasteiger partial charge in [-0.15, -0.1) is 0 Å². The lowest BCUT2D eigenvalue weighted by atomic mass is 9.92. The van der Waals surface area contributed by atoms with Gasteiger partial charge < -0.3 is 16.2 Å². The first-order valence-corrected chi connectivity index (χ1v) is 12.3. The first-order chi connectivity index (χ1) is 16.9. The van der Waals surface area contributed by atoms with Crippen molar-refractivity contribution in [2.24, 2.45) is 11.5 Å². The van der Waals surface area contributed by atoms with Crippen molar-refractivity contribution in [3.8, 4) is 28.3 Å². The highest BCUT2D eigenvalue weighted by Gasteiger charge is 2.29. The molecule has 0 saturated heterocycles. The van der Waals surface area contributed by atoms with Crippen molar-refractivity contribution in [3.05, 3.63) is 80.9 Å². The third kappa shape index (κ3) is 7.00. The number of rotatable bonds is 4. The topological polar surface area (TPSA) is 115 Å². The Morgan fingerprint density at radius 2 is 1.67 bits per heavy atom. The number of nitrogens with two attached hydrogens (primary N) is 2. The molecule has 188 valence electrons. The number of hydrogen-bond acceptors (Lipinski definition) is 5. The van der Waals surface area contributed by atoms with Crippen LogP contribution >= 0.6 is 34.8 Å². The Hall–Kier alpha value is -3.06. The summed E-state index contributed by atoms with van der Waals surface area (Å²) in [5.74, 6) is -0.0928. The van der Waals surface area contributed by atoms with Gasteiger partial charge in [0.25, 0.3) is 5.91 Å². The highest BCUT2D eigenvalue weighted by Crippen LogP contribution is 2.41. The first-order valence-electron chi connectivity index (χ1n) is 11.1. The molecule has 6 nitrogen and oxygen atoms in total. The molecule has 2 aromatic carbocycles. The fraction of sp³-hybridized carbons (Fsp3) is 0.222. The van der Waals surface area contributed by atoms with Crippen LogP contribution in [-0.2, 0) is 11.2 Å². The van der Waals surface area contributed by atoms with Crippen LogP contribution in [0.2, 0.25) is 15.1 Å². The second kappa shape index (κ2) is 11.3. The van der Waals surface area contributed by atoms with Crippen LogP contribution in [0.25, 0.3) is 22.4 Å². The van der Waals surface area contributed by atoms with E-state index < -0.39 is 5.91 Å². The number of fused-ring (bicyclic) bond motifs is 1. The summed E-state index contributed by atoms with van der Waals surface area (Å²) in [6.07, 6.45) is 3.08. The van der Waals surface area contributed by atoms with Crippen LogP contribution in [0.5, 0.6) is 5.88 Å². The quantitative estimate of drug-likeness (QED) is 0.311. The third-order valence-corrected chi connectivity index (χ3v) is 6.21. The van der Waals surface area contributed by atoms with Gasteiger partial charge in [0.2, 0.25) is 5.88 Å². The number of halogens is 3. The number of aryl methyl sites for hydroxylation is 1. The minimum Gasteiger partial charge on any atom is -0.471 e. The van der Waals surface area contributed by atoms with Crippen LogP contribution in [0.15, 0.2) is 60.3 Å². The molecule has 0 spiro atoms. The second-order valence-corrected chi connectivity index (χ2v) is 10.3. The Balaban J connectivity index is 0.000000345. The SMILES string of the molecule is C/C(N)=C/C(=N)C(N)=O.CC1(C)CCc2cc(-c3ccc(Cl)cc3)c(-c3ccc(Cl)cc3Cl)nc2O1. The van der Waals surface area contributed by atoms with Gasteiger partial charge in [-0.3, -0.25) is 10.2 Å². The molecule has 0 bridgehead atoms. The summed E-state index contributed by atoms with van der Waals surface area (Å²) in [4.78, 5) is 15.0. The van der Waals surface area contributed by atoms with Gasteiger partial charge in [0, 0.05) is 32.4 Å². The molecule has 0 unspecified atom stereocenters. The highest BCUT2D eigenvalue weighted by atomic mass is 35.5. The molecular weight excluding hydrogens is 519 g/mol. The van der Waals surface area contributed by atoms with Crippen molar-refractivity contribution in [3.63, 3.8) is 0 Å². The summed E-state index contributed by atoms with van der Waals surface area (Å²) in [7, 11) is 0. The molecule has 0 radical (unpaired) electrons. The maximum atomic E-state index is 10.1. The molecule has 1 aliphatic rings. The monoisotopic (exact) mass is 544 g/mol. The Bertz CT molecular complexity index is 1330. The van der Waals surface area contributed by atoms with E-state index in [1.807, 2.05) is 36.4 Å². The average Bonchev–Trinajstić information content (AvgIpc) is 2.78. The van der Waals surface area contributed by atoms with E-state index in [9.17, 15) is 4.79 Å². The number of nitrogens with one attached hydrogen (secondary N) is 1. The van der Waals surface area contributed by atoms with Crippen molar-refractivity contribution in [2.45, 2.75) is 39.2 Å². The Labute approximate surface area is 225 Å². The lowest BCUT2D eigenvalue weighted by Gasteiger charge is -2.32. The van der Waals surface area contributed by atoms with E-state index in [1.165, 1.54) is 6.08 Å². The smallest absolute Gasteiger partial charge is 0.266 e. The predicted molar refractivity (Wildman–Crippen MR) is 148 cm³/mol. The summed E-state index contributed by atoms with van der Waals surface area (Å²) in [5.41, 5.74) is 14.5. The van der Waals surface area contributed by atoms with Gasteiger partial charge in [-0.05, 0) is 81.7 Å². The number of hydrogen-bond donors (Lipinski definition) is 3. The third-order valence-electron chi connectivity index (χ3n) is 5.41. The maximum absolute atomic E-state index is 10.1. The molecule has 9 heteroatoms. The van der Waals surface area contributed by atoms with Gasteiger partial charge in [0.15, 0.2) is 0 Å². The number of ether oxygens (including phenoxy) is 1. The lowest BCUT2D eigenvalue weighted by molar-refractivity contribution is -0.112. The number of aromatic nitrogens is 1. The molecule has 4 rings (SSSR count). The van der Waals surface area contributed by atoms with Gasteiger partial charge in [-0.25, -0.2) is 4.98 Å². The molecule has 1 aromatic heterocycles. The number of allylic oxidation sites excluding steroid dienone is 1. The summed E-state index contributed by atoms with van der Waals surface area (Å²) in [5, 5.41) is 8.68. The van der Waals surface area contributed by atoms with Crippen molar-refractivity contribution < 1.29 is 9.53 Å². The number of pyridine rings is 1. The minimum absolute atomic E-state index is 0.233. The average molecular weight is 546 g/mol. The zero-order chi connectivity index (χ0) is 26.6. The van der Waals surface area contributed by atoms with Crippen LogP contribution in [0.1, 0.15) is 32.8 Å². The largest absolute Gasteiger partial charge is 0.471 e. The molecule has 36 heavy (non-hydrogen) atoms. The highest BCUT2D eigenvalue weighted by molar-refractivity contribution is 6.41. The molecule has 1 amide bonds. The molecule has 0 atom stereocenters. The van der Waals surface area contributed by atoms with E-state index in [-0.39, 0.29) is 11.3 Å². The molecule has 1 aliphatic heterocycles. The Morgan fingerprint density at radius 3 is 2.22 bits per heavy atom. The van der Waals surface area contributed by atoms with Gasteiger partial charge >= 0.3 is 0 Å². The van der Waals surface area contributed by atoms with Crippen LogP contribution < -0.4 is 16.2 Å². The standard InChI is InChI=1S/C22H18Cl3NO.C5H9N3O/c1-22(2)10-9-14-11-18(13-3-5-15(23)6-4-13)20(26-21(14)27-22)17-8-7-16(24)12-19(17)25;1-3(6)2-4(7)5(8)9/h3-8,11-12H,9-10H2,1-2H3;2,7H,6H2,1H3,(H2,8,9)/b;3-2-,7-4?. The van der Waals surface area contributed by atoms with Crippen LogP contribution in [-0.4, -0.2) is 22.2 Å². The van der Waals surface area contributed by atoms with Gasteiger partial charge in [0.05, 0.1) is 10.7 Å². The maximum Gasteiger partial charge on any atom is 0.266 e. The number of carbonyl (C=O) groups is 1. The zero-order valence-electron chi connectivity index (χ0n) is 20.2. The minimum atomic E-state index is -0.764. The van der Waals surface area contributed by atoms with E-state index in [1.54, 1.807) is 13.0 Å². The van der Waals surface area contributed by atoms with Crippen LogP contribution in [0.3, 0.4) is 0 Å². The van der Waals surface area contributed by atoms with E-state index in [0.717, 1.165) is 40.8 Å². The molecule has 3 aromatic rings. The summed E-state index contributed by atoms with van der Waals surface area (Å²) >= 11 is 18.7. The number of amides is 1. The second-order valence-electron chi connectivity index (χ2n) is 9.01. The van der Waals surface area contributed by atoms with Gasteiger partial charge in [0.1, 0.15) is 11.3 Å². The summed E-state index contributed by atoms with van der Waals surface area (Å²) in [6, 6.07) is 15.3. The van der Waals surface area contributed by atoms with E-state index >= 15 is 0 Å². The molecule has 0 fully saturated rings. The molecular formula is C27H27Cl3N4O2. The van der Waals surface area contributed by atoms with Crippen molar-refractivity contribution >= 4 is 46.4 Å². The van der Waals surface area contributed by atoms with Crippen molar-refractivity contribution in [1.82, 2.24) is 4.98 Å². The Kier molecular flexibility index (Phi) is 8.67. The van der Waals surface area contributed by atoms with Gasteiger partial charge in [-0.2, -0.15) is 0 Å². The van der Waals surface area contributed by atoms with Crippen molar-refractivity contribution in [2.75, 3.05) is 0 Å². The normalized spacial score (nSPS) is 14.1. The molecule has 0 aliphatic carbocycles. The number of carbonyl (C=O) groups excluding carboxylic acids is 1. The fourth-order valence-corrected chi connectivity index (χ4v) is 4.21. The van der Waals surface area contributed by atoms with Gasteiger partial charge in [-0.1, -0.05) is 46.9 Å². The lowest BCUT2D eigenvalue weighted by Crippen LogP contribution is -2.33. The van der Waals surface area contributed by atoms with Crippen molar-refractivity contribution in [1.29, 1.82) is 5.41 Å². The summed E-state index contributed by atoms with van der Waals surface area (Å²) < 4.78 is 6.15. The molecule has 0 saturated carbocycles. The number of benzene rings is 2. The molecule has 2 heterocycles. The number of primary amides is 1. The van der Waals surface area contributed by atoms with Crippen LogP contribution in [0, 0.1) is 5.41 Å².